The summed E-state index contributed by atoms with van der Waals surface area (Å²) < 4.78 is 0. The number of halogens is 1. The van der Waals surface area contributed by atoms with E-state index in [4.69, 9.17) is 11.6 Å². The van der Waals surface area contributed by atoms with Gasteiger partial charge in [0.15, 0.2) is 0 Å². The Bertz CT molecular complexity index is 115. The van der Waals surface area contributed by atoms with Crippen molar-refractivity contribution in [3.63, 3.8) is 0 Å². The highest BCUT2D eigenvalue weighted by atomic mass is 35.5. The van der Waals surface area contributed by atoms with Gasteiger partial charge in [-0.2, -0.15) is 0 Å². The van der Waals surface area contributed by atoms with Crippen LogP contribution in [0.4, 0.5) is 0 Å². The molecule has 1 radical (unpaired) electrons. The van der Waals surface area contributed by atoms with Gasteiger partial charge in [-0.15, -0.1) is 0 Å². The lowest BCUT2D eigenvalue weighted by Crippen LogP contribution is -2.11. The molecule has 0 amide bonds. The van der Waals surface area contributed by atoms with E-state index in [2.05, 4.69) is 11.4 Å². The monoisotopic (exact) mass is 114 g/mol. The van der Waals surface area contributed by atoms with E-state index in [1.54, 1.807) is 12.2 Å². The molecule has 1 heterocycles. The molecular formula is C5H5ClN. The lowest BCUT2D eigenvalue weighted by atomic mass is 10.4. The second-order valence-electron chi connectivity index (χ2n) is 1.24. The van der Waals surface area contributed by atoms with E-state index in [-0.39, 0.29) is 0 Å². The van der Waals surface area contributed by atoms with Gasteiger partial charge in [0.25, 0.3) is 0 Å². The first kappa shape index (κ1) is 4.72. The van der Waals surface area contributed by atoms with Crippen LogP contribution >= 0.6 is 11.6 Å². The normalized spacial score (nSPS) is 18.1. The smallest absolute Gasteiger partial charge is 0.102 e. The number of nitrogens with one attached hydrogen (secondary N) is 1. The van der Waals surface area contributed by atoms with E-state index in [1.165, 1.54) is 0 Å². The Morgan fingerprint density at radius 2 is 2.71 bits per heavy atom. The molecule has 0 saturated carbocycles. The minimum atomic E-state index is 0.693. The van der Waals surface area contributed by atoms with Crippen LogP contribution in [0.1, 0.15) is 0 Å². The second kappa shape index (κ2) is 2.03. The summed E-state index contributed by atoms with van der Waals surface area (Å²) in [7, 11) is 0. The summed E-state index contributed by atoms with van der Waals surface area (Å²) in [5.41, 5.74) is 0. The summed E-state index contributed by atoms with van der Waals surface area (Å²) in [6.45, 7) is 0.731. The zero-order chi connectivity index (χ0) is 5.11. The van der Waals surface area contributed by atoms with Crippen molar-refractivity contribution < 1.29 is 0 Å². The SMILES string of the molecule is ClC1=CC=[C]CN1. The summed E-state index contributed by atoms with van der Waals surface area (Å²) in [5, 5.41) is 3.56. The summed E-state index contributed by atoms with van der Waals surface area (Å²) in [5.74, 6) is 0. The maximum absolute atomic E-state index is 5.50. The fraction of sp³-hybridized carbons (Fsp3) is 0.200. The molecule has 1 aliphatic heterocycles. The van der Waals surface area contributed by atoms with Crippen LogP contribution in [0.25, 0.3) is 0 Å². The van der Waals surface area contributed by atoms with Crippen LogP contribution in [0, 0.1) is 6.08 Å². The predicted molar refractivity (Wildman–Crippen MR) is 29.8 cm³/mol. The Kier molecular flexibility index (Phi) is 1.37. The zero-order valence-electron chi connectivity index (χ0n) is 3.74. The van der Waals surface area contributed by atoms with E-state index >= 15 is 0 Å². The van der Waals surface area contributed by atoms with Crippen LogP contribution in [0.5, 0.6) is 0 Å². The number of hydrogen-bond donors (Lipinski definition) is 1. The van der Waals surface area contributed by atoms with Gasteiger partial charge < -0.3 is 5.32 Å². The van der Waals surface area contributed by atoms with Crippen LogP contribution in [-0.4, -0.2) is 6.54 Å². The predicted octanol–water partition coefficient (Wildman–Crippen LogP) is 1.03. The fourth-order valence-electron chi connectivity index (χ4n) is 0.385. The minimum Gasteiger partial charge on any atom is -0.372 e. The number of dihydropyridines is 1. The highest BCUT2D eigenvalue weighted by Gasteiger charge is 1.88. The van der Waals surface area contributed by atoms with Crippen LogP contribution in [-0.2, 0) is 0 Å². The molecule has 0 aromatic heterocycles. The third-order valence-corrected chi connectivity index (χ3v) is 0.966. The van der Waals surface area contributed by atoms with Gasteiger partial charge in [0.05, 0.1) is 0 Å². The fourth-order valence-corrected chi connectivity index (χ4v) is 0.515. The lowest BCUT2D eigenvalue weighted by molar-refractivity contribution is 0.932. The van der Waals surface area contributed by atoms with E-state index in [1.807, 2.05) is 0 Å². The highest BCUT2D eigenvalue weighted by molar-refractivity contribution is 6.29. The van der Waals surface area contributed by atoms with Crippen molar-refractivity contribution in [2.24, 2.45) is 0 Å². The van der Waals surface area contributed by atoms with Gasteiger partial charge in [-0.1, -0.05) is 17.7 Å². The Balaban J connectivity index is 2.57. The van der Waals surface area contributed by atoms with Crippen molar-refractivity contribution in [2.45, 2.75) is 0 Å². The van der Waals surface area contributed by atoms with Crippen molar-refractivity contribution >= 4 is 11.6 Å². The van der Waals surface area contributed by atoms with E-state index in [0.717, 1.165) is 6.54 Å². The highest BCUT2D eigenvalue weighted by Crippen LogP contribution is 1.98. The molecule has 37 valence electrons. The molecule has 1 nitrogen and oxygen atoms in total. The van der Waals surface area contributed by atoms with Crippen molar-refractivity contribution in [2.75, 3.05) is 6.54 Å². The third kappa shape index (κ3) is 1.24. The molecule has 7 heavy (non-hydrogen) atoms. The van der Waals surface area contributed by atoms with Crippen LogP contribution in [0.3, 0.4) is 0 Å². The number of allylic oxidation sites excluding steroid dienone is 2. The zero-order valence-corrected chi connectivity index (χ0v) is 4.50. The molecule has 0 saturated heterocycles. The molecule has 0 aromatic carbocycles. The number of hydrogen-bond acceptors (Lipinski definition) is 1. The van der Waals surface area contributed by atoms with Gasteiger partial charge in [-0.3, -0.25) is 0 Å². The average Bonchev–Trinajstić information content (AvgIpc) is 1.69. The molecule has 1 N–H and O–H groups in total. The van der Waals surface area contributed by atoms with Crippen molar-refractivity contribution in [3.05, 3.63) is 23.4 Å². The van der Waals surface area contributed by atoms with Crippen LogP contribution < -0.4 is 5.32 Å². The molecule has 0 fully saturated rings. The molecule has 0 aromatic rings. The van der Waals surface area contributed by atoms with Gasteiger partial charge in [0, 0.05) is 6.54 Å². The first-order valence-electron chi connectivity index (χ1n) is 2.06. The summed E-state index contributed by atoms with van der Waals surface area (Å²) in [4.78, 5) is 0. The largest absolute Gasteiger partial charge is 0.372 e. The Morgan fingerprint density at radius 1 is 1.86 bits per heavy atom. The van der Waals surface area contributed by atoms with E-state index in [0.29, 0.717) is 5.16 Å². The molecule has 0 spiro atoms. The first-order chi connectivity index (χ1) is 3.39. The van der Waals surface area contributed by atoms with Gasteiger partial charge in [-0.25, -0.2) is 0 Å². The molecule has 2 heteroatoms. The first-order valence-corrected chi connectivity index (χ1v) is 2.43. The second-order valence-corrected chi connectivity index (χ2v) is 1.65. The quantitative estimate of drug-likeness (QED) is 0.464. The number of rotatable bonds is 0. The van der Waals surface area contributed by atoms with Crippen molar-refractivity contribution in [3.8, 4) is 0 Å². The van der Waals surface area contributed by atoms with Crippen molar-refractivity contribution in [1.29, 1.82) is 0 Å². The average molecular weight is 115 g/mol. The van der Waals surface area contributed by atoms with E-state index < -0.39 is 0 Å². The third-order valence-electron chi connectivity index (χ3n) is 0.707. The Hall–Kier alpha value is -0.430. The van der Waals surface area contributed by atoms with Crippen LogP contribution in [0.2, 0.25) is 0 Å². The molecule has 0 atom stereocenters. The molecule has 0 bridgehead atoms. The van der Waals surface area contributed by atoms with Gasteiger partial charge in [-0.05, 0) is 12.2 Å². The van der Waals surface area contributed by atoms with Gasteiger partial charge >= 0.3 is 0 Å². The topological polar surface area (TPSA) is 12.0 Å². The van der Waals surface area contributed by atoms with Crippen molar-refractivity contribution in [1.82, 2.24) is 5.32 Å². The summed E-state index contributed by atoms with van der Waals surface area (Å²) >= 11 is 5.50. The summed E-state index contributed by atoms with van der Waals surface area (Å²) in [6, 6.07) is 0. The molecule has 1 aliphatic rings. The molecule has 1 rings (SSSR count). The lowest BCUT2D eigenvalue weighted by Gasteiger charge is -2.01. The van der Waals surface area contributed by atoms with E-state index in [9.17, 15) is 0 Å². The van der Waals surface area contributed by atoms with Crippen LogP contribution in [0.15, 0.2) is 17.3 Å². The minimum absolute atomic E-state index is 0.693. The Morgan fingerprint density at radius 3 is 3.00 bits per heavy atom. The molecule has 0 unspecified atom stereocenters. The van der Waals surface area contributed by atoms with Gasteiger partial charge in [0.2, 0.25) is 0 Å². The standard InChI is InChI=1S/C5H5ClN/c6-5-3-1-2-4-7-5/h1,3,7H,4H2. The summed E-state index contributed by atoms with van der Waals surface area (Å²) in [6.07, 6.45) is 6.49. The molecule has 0 aliphatic carbocycles. The maximum atomic E-state index is 5.50. The Labute approximate surface area is 47.7 Å². The maximum Gasteiger partial charge on any atom is 0.102 e. The van der Waals surface area contributed by atoms with Gasteiger partial charge in [0.1, 0.15) is 5.16 Å². The molecular weight excluding hydrogens is 110 g/mol.